The predicted octanol–water partition coefficient (Wildman–Crippen LogP) is 0.923. The van der Waals surface area contributed by atoms with E-state index in [4.69, 9.17) is 5.11 Å². The van der Waals surface area contributed by atoms with Crippen molar-refractivity contribution in [1.82, 2.24) is 25.1 Å². The number of carboxylic acids is 1. The van der Waals surface area contributed by atoms with Crippen LogP contribution in [0.25, 0.3) is 16.7 Å². The van der Waals surface area contributed by atoms with E-state index in [0.29, 0.717) is 11.3 Å². The molecule has 1 aliphatic rings. The van der Waals surface area contributed by atoms with E-state index < -0.39 is 5.97 Å². The van der Waals surface area contributed by atoms with Crippen molar-refractivity contribution in [2.75, 3.05) is 31.1 Å². The molecule has 0 unspecified atom stereocenters. The molecule has 0 aliphatic carbocycles. The van der Waals surface area contributed by atoms with Gasteiger partial charge in [-0.15, -0.1) is 0 Å². The normalized spacial score (nSPS) is 14.9. The molecular formula is C16H16N6O2. The summed E-state index contributed by atoms with van der Waals surface area (Å²) in [5, 5.41) is 17.7. The molecule has 24 heavy (non-hydrogen) atoms. The number of hydrogen-bond acceptors (Lipinski definition) is 6. The fourth-order valence-electron chi connectivity index (χ4n) is 2.92. The lowest BCUT2D eigenvalue weighted by Crippen LogP contribution is -2.44. The van der Waals surface area contributed by atoms with Crippen LogP contribution in [0.4, 0.5) is 5.82 Å². The largest absolute Gasteiger partial charge is 0.478 e. The van der Waals surface area contributed by atoms with Crippen LogP contribution in [0.1, 0.15) is 10.4 Å². The highest BCUT2D eigenvalue weighted by molar-refractivity contribution is 5.90. The molecular weight excluding hydrogens is 308 g/mol. The Labute approximate surface area is 137 Å². The maximum absolute atomic E-state index is 11.2. The van der Waals surface area contributed by atoms with Gasteiger partial charge in [-0.3, -0.25) is 0 Å². The number of nitrogens with zero attached hydrogens (tertiary/aromatic N) is 5. The molecule has 0 spiro atoms. The van der Waals surface area contributed by atoms with Gasteiger partial charge in [0.1, 0.15) is 12.1 Å². The van der Waals surface area contributed by atoms with Gasteiger partial charge >= 0.3 is 5.97 Å². The molecule has 2 aromatic heterocycles. The number of piperazine rings is 1. The first-order valence-corrected chi connectivity index (χ1v) is 7.72. The lowest BCUT2D eigenvalue weighted by Gasteiger charge is -2.28. The summed E-state index contributed by atoms with van der Waals surface area (Å²) in [6.45, 7) is 3.60. The zero-order valence-electron chi connectivity index (χ0n) is 12.9. The standard InChI is InChI=1S/C16H16N6O2/c23-16(24)11-2-1-3-12(8-11)22-15-13(9-20-22)14(18-10-19-15)21-6-4-17-5-7-21/h1-3,8-10,17H,4-7H2,(H,23,24). The smallest absolute Gasteiger partial charge is 0.335 e. The number of aromatic carboxylic acids is 1. The summed E-state index contributed by atoms with van der Waals surface area (Å²) in [6.07, 6.45) is 3.26. The summed E-state index contributed by atoms with van der Waals surface area (Å²) in [4.78, 5) is 22.2. The van der Waals surface area contributed by atoms with Crippen LogP contribution >= 0.6 is 0 Å². The molecule has 0 bridgehead atoms. The minimum absolute atomic E-state index is 0.215. The van der Waals surface area contributed by atoms with Crippen LogP contribution in [0.3, 0.4) is 0 Å². The number of aromatic nitrogens is 4. The number of carbonyl (C=O) groups is 1. The molecule has 0 amide bonds. The molecule has 3 aromatic rings. The summed E-state index contributed by atoms with van der Waals surface area (Å²) in [5.74, 6) is -0.105. The number of anilines is 1. The van der Waals surface area contributed by atoms with Gasteiger partial charge < -0.3 is 15.3 Å². The van der Waals surface area contributed by atoms with E-state index in [2.05, 4.69) is 25.3 Å². The van der Waals surface area contributed by atoms with E-state index in [9.17, 15) is 4.79 Å². The number of carboxylic acid groups (broad SMARTS) is 1. The second kappa shape index (κ2) is 5.89. The van der Waals surface area contributed by atoms with Crippen molar-refractivity contribution in [2.45, 2.75) is 0 Å². The summed E-state index contributed by atoms with van der Waals surface area (Å²) >= 11 is 0. The second-order valence-corrected chi connectivity index (χ2v) is 5.58. The highest BCUT2D eigenvalue weighted by atomic mass is 16.4. The lowest BCUT2D eigenvalue weighted by atomic mass is 10.2. The molecule has 122 valence electrons. The van der Waals surface area contributed by atoms with Crippen molar-refractivity contribution in [1.29, 1.82) is 0 Å². The van der Waals surface area contributed by atoms with Crippen LogP contribution in [0.2, 0.25) is 0 Å². The Balaban J connectivity index is 1.81. The molecule has 2 N–H and O–H groups in total. The molecule has 3 heterocycles. The van der Waals surface area contributed by atoms with Crippen molar-refractivity contribution in [3.05, 3.63) is 42.4 Å². The first-order chi connectivity index (χ1) is 11.7. The molecule has 0 saturated carbocycles. The van der Waals surface area contributed by atoms with Crippen LogP contribution in [-0.4, -0.2) is 57.0 Å². The van der Waals surface area contributed by atoms with E-state index in [-0.39, 0.29) is 5.56 Å². The van der Waals surface area contributed by atoms with E-state index in [1.807, 2.05) is 6.07 Å². The first-order valence-electron chi connectivity index (χ1n) is 7.72. The Morgan fingerprint density at radius 2 is 2.04 bits per heavy atom. The monoisotopic (exact) mass is 324 g/mol. The molecule has 1 aromatic carbocycles. The maximum Gasteiger partial charge on any atom is 0.335 e. The van der Waals surface area contributed by atoms with Crippen LogP contribution in [0.5, 0.6) is 0 Å². The summed E-state index contributed by atoms with van der Waals surface area (Å²) in [6, 6.07) is 6.65. The SMILES string of the molecule is O=C(O)c1cccc(-n2ncc3c(N4CCNCC4)ncnc32)c1. The van der Waals surface area contributed by atoms with Crippen molar-refractivity contribution in [3.63, 3.8) is 0 Å². The molecule has 0 radical (unpaired) electrons. The molecule has 1 fully saturated rings. The quantitative estimate of drug-likeness (QED) is 0.739. The van der Waals surface area contributed by atoms with Gasteiger partial charge in [0, 0.05) is 26.2 Å². The summed E-state index contributed by atoms with van der Waals surface area (Å²) in [5.41, 5.74) is 1.54. The van der Waals surface area contributed by atoms with Gasteiger partial charge in [0.05, 0.1) is 22.8 Å². The van der Waals surface area contributed by atoms with Gasteiger partial charge in [0.15, 0.2) is 5.65 Å². The zero-order valence-corrected chi connectivity index (χ0v) is 12.9. The van der Waals surface area contributed by atoms with Gasteiger partial charge in [-0.05, 0) is 18.2 Å². The highest BCUT2D eigenvalue weighted by Crippen LogP contribution is 2.25. The fourth-order valence-corrected chi connectivity index (χ4v) is 2.92. The van der Waals surface area contributed by atoms with Crippen LogP contribution in [-0.2, 0) is 0 Å². The zero-order chi connectivity index (χ0) is 16.5. The Kier molecular flexibility index (Phi) is 3.58. The van der Waals surface area contributed by atoms with Crippen molar-refractivity contribution >= 4 is 22.8 Å². The van der Waals surface area contributed by atoms with E-state index in [0.717, 1.165) is 37.4 Å². The maximum atomic E-state index is 11.2. The third-order valence-electron chi connectivity index (χ3n) is 4.10. The van der Waals surface area contributed by atoms with Gasteiger partial charge in [0.25, 0.3) is 0 Å². The second-order valence-electron chi connectivity index (χ2n) is 5.58. The van der Waals surface area contributed by atoms with E-state index >= 15 is 0 Å². The summed E-state index contributed by atoms with van der Waals surface area (Å²) < 4.78 is 1.65. The third-order valence-corrected chi connectivity index (χ3v) is 4.10. The number of nitrogens with one attached hydrogen (secondary N) is 1. The van der Waals surface area contributed by atoms with E-state index in [1.165, 1.54) is 6.33 Å². The lowest BCUT2D eigenvalue weighted by molar-refractivity contribution is 0.0697. The first kappa shape index (κ1) is 14.6. The van der Waals surface area contributed by atoms with Crippen LogP contribution in [0, 0.1) is 0 Å². The van der Waals surface area contributed by atoms with Crippen molar-refractivity contribution in [3.8, 4) is 5.69 Å². The Morgan fingerprint density at radius 1 is 1.21 bits per heavy atom. The minimum atomic E-state index is -0.968. The third kappa shape index (κ3) is 2.46. The highest BCUT2D eigenvalue weighted by Gasteiger charge is 2.18. The molecule has 8 heteroatoms. The Morgan fingerprint density at radius 3 is 2.83 bits per heavy atom. The Bertz CT molecular complexity index is 900. The molecule has 0 atom stereocenters. The van der Waals surface area contributed by atoms with E-state index in [1.54, 1.807) is 29.1 Å². The van der Waals surface area contributed by atoms with Gasteiger partial charge in [-0.2, -0.15) is 5.10 Å². The average molecular weight is 324 g/mol. The molecule has 8 nitrogen and oxygen atoms in total. The average Bonchev–Trinajstić information content (AvgIpc) is 3.06. The Hall–Kier alpha value is -3.00. The minimum Gasteiger partial charge on any atom is -0.478 e. The predicted molar refractivity (Wildman–Crippen MR) is 88.7 cm³/mol. The number of benzene rings is 1. The molecule has 4 rings (SSSR count). The topological polar surface area (TPSA) is 96.2 Å². The van der Waals surface area contributed by atoms with Gasteiger partial charge in [-0.25, -0.2) is 19.4 Å². The van der Waals surface area contributed by atoms with Crippen LogP contribution in [0.15, 0.2) is 36.8 Å². The molecule has 1 saturated heterocycles. The number of rotatable bonds is 3. The fraction of sp³-hybridized carbons (Fsp3) is 0.250. The molecule has 1 aliphatic heterocycles. The number of fused-ring (bicyclic) bond motifs is 1. The summed E-state index contributed by atoms with van der Waals surface area (Å²) in [7, 11) is 0. The number of hydrogen-bond donors (Lipinski definition) is 2. The van der Waals surface area contributed by atoms with Crippen molar-refractivity contribution in [2.24, 2.45) is 0 Å². The van der Waals surface area contributed by atoms with Gasteiger partial charge in [0.2, 0.25) is 0 Å². The van der Waals surface area contributed by atoms with Crippen molar-refractivity contribution < 1.29 is 9.90 Å². The van der Waals surface area contributed by atoms with Crippen LogP contribution < -0.4 is 10.2 Å². The van der Waals surface area contributed by atoms with Gasteiger partial charge in [-0.1, -0.05) is 6.07 Å².